The first kappa shape index (κ1) is 12.0. The molecular formula is C14H19NO2. The molecule has 17 heavy (non-hydrogen) atoms. The van der Waals surface area contributed by atoms with E-state index in [-0.39, 0.29) is 11.9 Å². The second kappa shape index (κ2) is 4.40. The van der Waals surface area contributed by atoms with Crippen LogP contribution >= 0.6 is 0 Å². The number of ether oxygens (including phenoxy) is 1. The van der Waals surface area contributed by atoms with Gasteiger partial charge in [-0.2, -0.15) is 0 Å². The van der Waals surface area contributed by atoms with Crippen LogP contribution in [-0.4, -0.2) is 24.5 Å². The molecule has 0 saturated heterocycles. The Bertz CT molecular complexity index is 440. The number of ketones is 1. The van der Waals surface area contributed by atoms with Crippen LogP contribution in [0.4, 0.5) is 5.69 Å². The number of benzene rings is 1. The van der Waals surface area contributed by atoms with Crippen molar-refractivity contribution in [3.63, 3.8) is 0 Å². The molecule has 0 saturated carbocycles. The summed E-state index contributed by atoms with van der Waals surface area (Å²) >= 11 is 0. The molecule has 1 atom stereocenters. The normalized spacial score (nSPS) is 18.9. The molecule has 3 heteroatoms. The van der Waals surface area contributed by atoms with Crippen LogP contribution in [0.5, 0.6) is 5.75 Å². The third-order valence-electron chi connectivity index (χ3n) is 3.08. The highest BCUT2D eigenvalue weighted by Gasteiger charge is 2.25. The van der Waals surface area contributed by atoms with E-state index < -0.39 is 0 Å². The molecule has 0 fully saturated rings. The van der Waals surface area contributed by atoms with Gasteiger partial charge in [-0.3, -0.25) is 4.79 Å². The molecule has 0 spiro atoms. The molecule has 92 valence electrons. The lowest BCUT2D eigenvalue weighted by atomic mass is 10.1. The summed E-state index contributed by atoms with van der Waals surface area (Å²) in [5.74, 6) is 0.970. The van der Waals surface area contributed by atoms with Crippen LogP contribution in [0.1, 0.15) is 38.1 Å². The van der Waals surface area contributed by atoms with Gasteiger partial charge < -0.3 is 9.64 Å². The van der Waals surface area contributed by atoms with E-state index in [1.807, 2.05) is 18.2 Å². The smallest absolute Gasteiger partial charge is 0.159 e. The Balaban J connectivity index is 2.46. The van der Waals surface area contributed by atoms with E-state index in [1.165, 1.54) is 0 Å². The number of hydrogen-bond acceptors (Lipinski definition) is 3. The first-order valence-electron chi connectivity index (χ1n) is 6.07. The summed E-state index contributed by atoms with van der Waals surface area (Å²) in [6.45, 7) is 8.83. The highest BCUT2D eigenvalue weighted by atomic mass is 16.5. The lowest BCUT2D eigenvalue weighted by molar-refractivity contribution is 0.101. The largest absolute Gasteiger partial charge is 0.487 e. The summed E-state index contributed by atoms with van der Waals surface area (Å²) in [5, 5.41) is 0. The predicted octanol–water partition coefficient (Wildman–Crippen LogP) is 2.88. The van der Waals surface area contributed by atoms with Gasteiger partial charge in [-0.15, -0.1) is 0 Å². The summed E-state index contributed by atoms with van der Waals surface area (Å²) < 4.78 is 5.79. The lowest BCUT2D eigenvalue weighted by Crippen LogP contribution is -2.42. The first-order valence-corrected chi connectivity index (χ1v) is 6.07. The molecule has 1 aliphatic rings. The van der Waals surface area contributed by atoms with Crippen molar-refractivity contribution in [2.45, 2.75) is 39.8 Å². The second-order valence-electron chi connectivity index (χ2n) is 4.91. The first-order chi connectivity index (χ1) is 7.99. The Kier molecular flexibility index (Phi) is 3.09. The number of nitrogens with zero attached hydrogens (tertiary/aromatic N) is 1. The molecule has 0 amide bonds. The SMILES string of the molecule is CC(=O)c1ccc2c(c1)N(C(C)C)CC(C)O2. The van der Waals surface area contributed by atoms with Gasteiger partial charge >= 0.3 is 0 Å². The summed E-state index contributed by atoms with van der Waals surface area (Å²) in [6, 6.07) is 6.07. The fraction of sp³-hybridized carbons (Fsp3) is 0.500. The maximum absolute atomic E-state index is 11.4. The van der Waals surface area contributed by atoms with Crippen LogP contribution < -0.4 is 9.64 Å². The average molecular weight is 233 g/mol. The fourth-order valence-electron chi connectivity index (χ4n) is 2.18. The van der Waals surface area contributed by atoms with Crippen molar-refractivity contribution in [1.82, 2.24) is 0 Å². The monoisotopic (exact) mass is 233 g/mol. The predicted molar refractivity (Wildman–Crippen MR) is 69.0 cm³/mol. The molecule has 0 aliphatic carbocycles. The second-order valence-corrected chi connectivity index (χ2v) is 4.91. The standard InChI is InChI=1S/C14H19NO2/c1-9(2)15-8-10(3)17-14-6-5-12(11(4)16)7-13(14)15/h5-7,9-10H,8H2,1-4H3. The zero-order valence-electron chi connectivity index (χ0n) is 10.9. The van der Waals surface area contributed by atoms with E-state index in [4.69, 9.17) is 4.74 Å². The van der Waals surface area contributed by atoms with E-state index in [0.29, 0.717) is 6.04 Å². The van der Waals surface area contributed by atoms with E-state index in [1.54, 1.807) is 6.92 Å². The molecule has 0 radical (unpaired) electrons. The topological polar surface area (TPSA) is 29.5 Å². The molecule has 1 aromatic rings. The van der Waals surface area contributed by atoms with Crippen molar-refractivity contribution in [3.05, 3.63) is 23.8 Å². The molecule has 0 aromatic heterocycles. The van der Waals surface area contributed by atoms with Gasteiger partial charge in [0.2, 0.25) is 0 Å². The number of carbonyl (C=O) groups excluding carboxylic acids is 1. The number of Topliss-reactive ketones (excluding diaryl/α,β-unsaturated/α-hetero) is 1. The number of anilines is 1. The Hall–Kier alpha value is -1.51. The molecule has 1 aromatic carbocycles. The minimum absolute atomic E-state index is 0.0927. The molecule has 3 nitrogen and oxygen atoms in total. The maximum atomic E-state index is 11.4. The van der Waals surface area contributed by atoms with Crippen LogP contribution in [0.2, 0.25) is 0 Å². The van der Waals surface area contributed by atoms with E-state index >= 15 is 0 Å². The van der Waals surface area contributed by atoms with Crippen LogP contribution in [-0.2, 0) is 0 Å². The molecule has 1 heterocycles. The van der Waals surface area contributed by atoms with Gasteiger partial charge in [-0.05, 0) is 45.9 Å². The van der Waals surface area contributed by atoms with Crippen molar-refractivity contribution in [3.8, 4) is 5.75 Å². The van der Waals surface area contributed by atoms with Gasteiger partial charge in [-0.25, -0.2) is 0 Å². The number of fused-ring (bicyclic) bond motifs is 1. The number of hydrogen-bond donors (Lipinski definition) is 0. The lowest BCUT2D eigenvalue weighted by Gasteiger charge is -2.37. The summed E-state index contributed by atoms with van der Waals surface area (Å²) in [6.07, 6.45) is 0.188. The van der Waals surface area contributed by atoms with Gasteiger partial charge in [-0.1, -0.05) is 0 Å². The summed E-state index contributed by atoms with van der Waals surface area (Å²) in [7, 11) is 0. The van der Waals surface area contributed by atoms with E-state index in [2.05, 4.69) is 25.7 Å². The number of carbonyl (C=O) groups is 1. The third-order valence-corrected chi connectivity index (χ3v) is 3.08. The van der Waals surface area contributed by atoms with Gasteiger partial charge in [0.05, 0.1) is 12.2 Å². The van der Waals surface area contributed by atoms with Crippen LogP contribution in [0, 0.1) is 0 Å². The minimum Gasteiger partial charge on any atom is -0.487 e. The minimum atomic E-state index is 0.0927. The Morgan fingerprint density at radius 2 is 2.18 bits per heavy atom. The third kappa shape index (κ3) is 2.28. The molecular weight excluding hydrogens is 214 g/mol. The number of rotatable bonds is 2. The van der Waals surface area contributed by atoms with Crippen molar-refractivity contribution in [2.75, 3.05) is 11.4 Å². The van der Waals surface area contributed by atoms with E-state index in [0.717, 1.165) is 23.5 Å². The molecule has 1 aliphatic heterocycles. The van der Waals surface area contributed by atoms with Crippen LogP contribution in [0.25, 0.3) is 0 Å². The zero-order valence-corrected chi connectivity index (χ0v) is 10.9. The Morgan fingerprint density at radius 1 is 1.47 bits per heavy atom. The molecule has 0 bridgehead atoms. The Morgan fingerprint density at radius 3 is 2.76 bits per heavy atom. The molecule has 2 rings (SSSR count). The summed E-state index contributed by atoms with van der Waals surface area (Å²) in [5.41, 5.74) is 1.78. The average Bonchev–Trinajstić information content (AvgIpc) is 2.26. The Labute approximate surface area is 102 Å². The quantitative estimate of drug-likeness (QED) is 0.736. The van der Waals surface area contributed by atoms with Crippen molar-refractivity contribution < 1.29 is 9.53 Å². The summed E-state index contributed by atoms with van der Waals surface area (Å²) in [4.78, 5) is 13.7. The van der Waals surface area contributed by atoms with Gasteiger partial charge in [0, 0.05) is 11.6 Å². The van der Waals surface area contributed by atoms with Crippen molar-refractivity contribution in [2.24, 2.45) is 0 Å². The maximum Gasteiger partial charge on any atom is 0.159 e. The van der Waals surface area contributed by atoms with Crippen LogP contribution in [0.15, 0.2) is 18.2 Å². The van der Waals surface area contributed by atoms with Crippen molar-refractivity contribution >= 4 is 11.5 Å². The van der Waals surface area contributed by atoms with Crippen LogP contribution in [0.3, 0.4) is 0 Å². The van der Waals surface area contributed by atoms with Crippen molar-refractivity contribution in [1.29, 1.82) is 0 Å². The van der Waals surface area contributed by atoms with Gasteiger partial charge in [0.1, 0.15) is 11.9 Å². The highest BCUT2D eigenvalue weighted by Crippen LogP contribution is 2.35. The molecule has 1 unspecified atom stereocenters. The molecule has 0 N–H and O–H groups in total. The van der Waals surface area contributed by atoms with Gasteiger partial charge in [0.25, 0.3) is 0 Å². The zero-order chi connectivity index (χ0) is 12.6. The fourth-order valence-corrected chi connectivity index (χ4v) is 2.18. The highest BCUT2D eigenvalue weighted by molar-refractivity contribution is 5.95. The van der Waals surface area contributed by atoms with E-state index in [9.17, 15) is 4.79 Å². The van der Waals surface area contributed by atoms with Gasteiger partial charge in [0.15, 0.2) is 5.78 Å².